The van der Waals surface area contributed by atoms with Crippen molar-refractivity contribution in [1.29, 1.82) is 0 Å². The molecule has 0 aromatic heterocycles. The smallest absolute Gasteiger partial charge is 0.115 e. The second-order valence-electron chi connectivity index (χ2n) is 3.84. The van der Waals surface area contributed by atoms with Crippen LogP contribution in [0.15, 0.2) is 36.9 Å². The van der Waals surface area contributed by atoms with Gasteiger partial charge in [0.25, 0.3) is 0 Å². The summed E-state index contributed by atoms with van der Waals surface area (Å²) in [5.74, 6) is 0.323. The van der Waals surface area contributed by atoms with Crippen LogP contribution in [0.3, 0.4) is 0 Å². The topological polar surface area (TPSA) is 20.2 Å². The van der Waals surface area contributed by atoms with Gasteiger partial charge in [0.15, 0.2) is 0 Å². The second-order valence-corrected chi connectivity index (χ2v) is 4.40. The summed E-state index contributed by atoms with van der Waals surface area (Å²) in [5.41, 5.74) is 1.18. The molecule has 1 aromatic rings. The third kappa shape index (κ3) is 2.88. The van der Waals surface area contributed by atoms with Crippen molar-refractivity contribution < 1.29 is 5.11 Å². The summed E-state index contributed by atoms with van der Waals surface area (Å²) < 4.78 is 0. The maximum Gasteiger partial charge on any atom is 0.115 e. The molecule has 1 rings (SSSR count). The van der Waals surface area contributed by atoms with E-state index in [2.05, 4.69) is 29.4 Å². The minimum atomic E-state index is 0.0494. The number of phenols is 1. The molecule has 1 atom stereocenters. The van der Waals surface area contributed by atoms with Gasteiger partial charge in [-0.1, -0.05) is 41.1 Å². The van der Waals surface area contributed by atoms with E-state index >= 15 is 0 Å². The molecule has 0 aliphatic carbocycles. The number of halogens is 1. The maximum atomic E-state index is 9.32. The highest BCUT2D eigenvalue weighted by Gasteiger charge is 2.19. The van der Waals surface area contributed by atoms with E-state index in [-0.39, 0.29) is 5.41 Å². The maximum absolute atomic E-state index is 9.32. The molecule has 1 unspecified atom stereocenters. The molecule has 0 saturated heterocycles. The van der Waals surface area contributed by atoms with E-state index < -0.39 is 0 Å². The van der Waals surface area contributed by atoms with Crippen molar-refractivity contribution in [1.82, 2.24) is 0 Å². The SMILES string of the molecule is C=CC(C)(CBr)Cc1cccc(O)c1. The lowest BCUT2D eigenvalue weighted by atomic mass is 9.86. The molecule has 0 fully saturated rings. The van der Waals surface area contributed by atoms with Crippen LogP contribution < -0.4 is 0 Å². The second kappa shape index (κ2) is 4.65. The Hall–Kier alpha value is -0.760. The highest BCUT2D eigenvalue weighted by atomic mass is 79.9. The quantitative estimate of drug-likeness (QED) is 0.644. The summed E-state index contributed by atoms with van der Waals surface area (Å²) in [6, 6.07) is 7.36. The lowest BCUT2D eigenvalue weighted by Crippen LogP contribution is -2.17. The van der Waals surface area contributed by atoms with Gasteiger partial charge in [-0.2, -0.15) is 0 Å². The van der Waals surface area contributed by atoms with Crippen LogP contribution >= 0.6 is 15.9 Å². The van der Waals surface area contributed by atoms with Gasteiger partial charge in [0.05, 0.1) is 0 Å². The van der Waals surface area contributed by atoms with Crippen LogP contribution in [0.4, 0.5) is 0 Å². The third-order valence-corrected chi connectivity index (χ3v) is 3.60. The molecule has 0 aliphatic rings. The Bertz CT molecular complexity index is 322. The van der Waals surface area contributed by atoms with Crippen LogP contribution in [-0.2, 0) is 6.42 Å². The van der Waals surface area contributed by atoms with Gasteiger partial charge in [0.1, 0.15) is 5.75 Å². The fourth-order valence-electron chi connectivity index (χ4n) is 1.31. The molecule has 0 aliphatic heterocycles. The number of hydrogen-bond acceptors (Lipinski definition) is 1. The van der Waals surface area contributed by atoms with Crippen LogP contribution in [0.5, 0.6) is 5.75 Å². The lowest BCUT2D eigenvalue weighted by Gasteiger charge is -2.22. The minimum absolute atomic E-state index is 0.0494. The van der Waals surface area contributed by atoms with Crippen LogP contribution in [0.1, 0.15) is 12.5 Å². The Morgan fingerprint density at radius 2 is 2.29 bits per heavy atom. The molecule has 14 heavy (non-hydrogen) atoms. The molecule has 1 nitrogen and oxygen atoms in total. The molecule has 0 amide bonds. The highest BCUT2D eigenvalue weighted by Crippen LogP contribution is 2.27. The number of aromatic hydroxyl groups is 1. The Morgan fingerprint density at radius 3 is 2.79 bits per heavy atom. The van der Waals surface area contributed by atoms with Crippen molar-refractivity contribution in [3.8, 4) is 5.75 Å². The molecular formula is C12H15BrO. The molecule has 1 N–H and O–H groups in total. The standard InChI is InChI=1S/C12H15BrO/c1-3-12(2,9-13)8-10-5-4-6-11(14)7-10/h3-7,14H,1,8-9H2,2H3. The van der Waals surface area contributed by atoms with Crippen molar-refractivity contribution in [3.63, 3.8) is 0 Å². The molecule has 0 spiro atoms. The fraction of sp³-hybridized carbons (Fsp3) is 0.333. The normalized spacial score (nSPS) is 14.7. The zero-order chi connectivity index (χ0) is 10.6. The Labute approximate surface area is 93.6 Å². The number of hydrogen-bond donors (Lipinski definition) is 1. The van der Waals surface area contributed by atoms with Crippen molar-refractivity contribution in [2.75, 3.05) is 5.33 Å². The van der Waals surface area contributed by atoms with Crippen LogP contribution in [0.25, 0.3) is 0 Å². The number of phenolic OH excluding ortho intramolecular Hbond substituents is 1. The average Bonchev–Trinajstić information content (AvgIpc) is 2.18. The molecule has 0 heterocycles. The van der Waals surface area contributed by atoms with Crippen LogP contribution in [-0.4, -0.2) is 10.4 Å². The first-order chi connectivity index (χ1) is 6.59. The molecule has 76 valence electrons. The summed E-state index contributed by atoms with van der Waals surface area (Å²) in [6.07, 6.45) is 2.84. The Morgan fingerprint density at radius 1 is 1.57 bits per heavy atom. The predicted octanol–water partition coefficient (Wildman–Crippen LogP) is 3.52. The lowest BCUT2D eigenvalue weighted by molar-refractivity contribution is 0.468. The van der Waals surface area contributed by atoms with E-state index in [9.17, 15) is 5.11 Å². The Kier molecular flexibility index (Phi) is 3.76. The van der Waals surface area contributed by atoms with Gasteiger partial charge in [0, 0.05) is 5.33 Å². The summed E-state index contributed by atoms with van der Waals surface area (Å²) in [6.45, 7) is 5.97. The summed E-state index contributed by atoms with van der Waals surface area (Å²) >= 11 is 3.47. The molecule has 2 heteroatoms. The Balaban J connectivity index is 2.82. The van der Waals surface area contributed by atoms with E-state index in [1.54, 1.807) is 12.1 Å². The van der Waals surface area contributed by atoms with Gasteiger partial charge in [0.2, 0.25) is 0 Å². The van der Waals surface area contributed by atoms with Gasteiger partial charge in [-0.15, -0.1) is 6.58 Å². The third-order valence-electron chi connectivity index (χ3n) is 2.32. The first kappa shape index (κ1) is 11.3. The zero-order valence-electron chi connectivity index (χ0n) is 8.33. The number of benzene rings is 1. The first-order valence-electron chi connectivity index (χ1n) is 4.57. The van der Waals surface area contributed by atoms with Crippen molar-refractivity contribution in [2.24, 2.45) is 5.41 Å². The van der Waals surface area contributed by atoms with E-state index in [1.807, 2.05) is 18.2 Å². The highest BCUT2D eigenvalue weighted by molar-refractivity contribution is 9.09. The van der Waals surface area contributed by atoms with Gasteiger partial charge in [-0.05, 0) is 29.5 Å². The summed E-state index contributed by atoms with van der Waals surface area (Å²) in [4.78, 5) is 0. The van der Waals surface area contributed by atoms with E-state index in [1.165, 1.54) is 0 Å². The molecule has 1 aromatic carbocycles. The predicted molar refractivity (Wildman–Crippen MR) is 63.9 cm³/mol. The van der Waals surface area contributed by atoms with Gasteiger partial charge in [-0.3, -0.25) is 0 Å². The van der Waals surface area contributed by atoms with Crippen LogP contribution in [0.2, 0.25) is 0 Å². The van der Waals surface area contributed by atoms with Gasteiger partial charge in [-0.25, -0.2) is 0 Å². The van der Waals surface area contributed by atoms with Crippen molar-refractivity contribution in [2.45, 2.75) is 13.3 Å². The summed E-state index contributed by atoms with van der Waals surface area (Å²) in [7, 11) is 0. The molecule has 0 saturated carbocycles. The fourth-order valence-corrected chi connectivity index (χ4v) is 1.73. The van der Waals surface area contributed by atoms with Crippen LogP contribution in [0, 0.1) is 5.41 Å². The largest absolute Gasteiger partial charge is 0.508 e. The summed E-state index contributed by atoms with van der Waals surface area (Å²) in [5, 5.41) is 10.2. The molecular weight excluding hydrogens is 240 g/mol. The average molecular weight is 255 g/mol. The van der Waals surface area contributed by atoms with E-state index in [0.29, 0.717) is 5.75 Å². The minimum Gasteiger partial charge on any atom is -0.508 e. The van der Waals surface area contributed by atoms with E-state index in [4.69, 9.17) is 0 Å². The molecule has 0 bridgehead atoms. The number of allylic oxidation sites excluding steroid dienone is 1. The number of alkyl halides is 1. The zero-order valence-corrected chi connectivity index (χ0v) is 9.92. The number of rotatable bonds is 4. The van der Waals surface area contributed by atoms with Gasteiger partial charge < -0.3 is 5.11 Å². The van der Waals surface area contributed by atoms with Crippen molar-refractivity contribution in [3.05, 3.63) is 42.5 Å². The van der Waals surface area contributed by atoms with E-state index in [0.717, 1.165) is 17.3 Å². The first-order valence-corrected chi connectivity index (χ1v) is 5.69. The van der Waals surface area contributed by atoms with Gasteiger partial charge >= 0.3 is 0 Å². The molecule has 0 radical (unpaired) electrons. The van der Waals surface area contributed by atoms with Crippen molar-refractivity contribution >= 4 is 15.9 Å². The monoisotopic (exact) mass is 254 g/mol.